The molecule has 0 aromatic carbocycles. The number of aliphatic hydroxyl groups excluding tert-OH is 2. The smallest absolute Gasteiger partial charge is 0.463 e. The zero-order chi connectivity index (χ0) is 79.4. The van der Waals surface area contributed by atoms with E-state index in [1.807, 2.05) is 0 Å². The van der Waals surface area contributed by atoms with Gasteiger partial charge in [-0.1, -0.05) is 341 Å². The van der Waals surface area contributed by atoms with Crippen molar-refractivity contribution in [2.24, 2.45) is 0 Å². The van der Waals surface area contributed by atoms with Gasteiger partial charge in [-0.3, -0.25) is 32.5 Å². The topological polar surface area (TPSA) is 231 Å². The molecule has 0 rings (SSSR count). The zero-order valence-corrected chi connectivity index (χ0v) is 71.0. The van der Waals surface area contributed by atoms with Crippen molar-refractivity contribution in [2.75, 3.05) is 39.6 Å². The molecule has 0 aliphatic heterocycles. The molecule has 630 valence electrons. The van der Waals surface area contributed by atoms with Crippen LogP contribution in [0.2, 0.25) is 0 Å². The van der Waals surface area contributed by atoms with E-state index in [0.717, 1.165) is 154 Å². The van der Waals surface area contributed by atoms with E-state index in [4.69, 9.17) is 32.3 Å². The first-order valence-electron chi connectivity index (χ1n) is 43.8. The van der Waals surface area contributed by atoms with Gasteiger partial charge in [0.05, 0.1) is 26.4 Å². The molecule has 16 nitrogen and oxygen atoms in total. The van der Waals surface area contributed by atoms with Gasteiger partial charge in [-0.05, 0) is 141 Å². The number of hydrogen-bond donors (Lipinski definition) is 4. The number of phosphoric ester groups is 2. The number of carbonyl (C=O) groups is 3. The van der Waals surface area contributed by atoms with Gasteiger partial charge in [0, 0.05) is 19.3 Å². The van der Waals surface area contributed by atoms with Crippen LogP contribution in [0.4, 0.5) is 0 Å². The summed E-state index contributed by atoms with van der Waals surface area (Å²) in [6, 6.07) is 0. The third-order valence-electron chi connectivity index (χ3n) is 18.6. The minimum Gasteiger partial charge on any atom is -0.463 e. The Morgan fingerprint density at radius 3 is 0.725 bits per heavy atom. The van der Waals surface area contributed by atoms with Crippen LogP contribution in [0.3, 0.4) is 0 Å². The van der Waals surface area contributed by atoms with Crippen LogP contribution >= 0.6 is 15.6 Å². The lowest BCUT2D eigenvalue weighted by Gasteiger charge is -2.21. The summed E-state index contributed by atoms with van der Waals surface area (Å²) >= 11 is 0. The first-order chi connectivity index (χ1) is 53.2. The monoisotopic (exact) mass is 1570 g/mol. The number of allylic oxidation sites excluding steroid dienone is 20. The fraction of sp³-hybridized carbons (Fsp3) is 0.747. The molecule has 0 spiro atoms. The van der Waals surface area contributed by atoms with Gasteiger partial charge in [0.1, 0.15) is 25.4 Å². The fourth-order valence-corrected chi connectivity index (χ4v) is 13.5. The van der Waals surface area contributed by atoms with E-state index >= 15 is 0 Å². The summed E-state index contributed by atoms with van der Waals surface area (Å²) in [5, 5.41) is 20.7. The minimum absolute atomic E-state index is 0.0859. The quantitative estimate of drug-likeness (QED) is 0.0146. The van der Waals surface area contributed by atoms with Crippen molar-refractivity contribution in [1.82, 2.24) is 0 Å². The van der Waals surface area contributed by atoms with Gasteiger partial charge in [0.25, 0.3) is 0 Å². The van der Waals surface area contributed by atoms with Gasteiger partial charge in [-0.15, -0.1) is 0 Å². The van der Waals surface area contributed by atoms with E-state index in [2.05, 4.69) is 142 Å². The number of carbonyl (C=O) groups excluding carboxylic acids is 3. The lowest BCUT2D eigenvalue weighted by molar-refractivity contribution is -0.161. The number of ether oxygens (including phenoxy) is 3. The standard InChI is InChI=1S/C91H160O16P2/c1-4-7-10-13-16-19-22-25-28-31-34-35-36-37-38-39-40-41-42-43-44-45-46-47-48-49-52-54-56-59-62-65-68-71-74-77-89(94)101-80-86(92)81-103-108(97,98)104-82-87(93)83-105-109(99,100)106-85-88(107-91(96)79-76-73-70-67-64-61-58-55-51-33-30-27-24-21-18-15-12-9-6-3)84-102-90(95)78-75-72-69-66-63-60-57-53-50-32-29-26-23-20-17-14-11-8-5-2/h16-21,25-30,34-35,37-38,50-51,53,55,86-88,92-93H,4-15,22-24,31-33,36,39-49,52,54,56-85H2,1-3H3,(H,97,98)(H,99,100)/b19-16-,20-17-,21-18-,28-25-,29-26-,30-27-,35-34-,38-37-,53-50-,55-51-. The highest BCUT2D eigenvalue weighted by Gasteiger charge is 2.29. The van der Waals surface area contributed by atoms with Gasteiger partial charge < -0.3 is 34.2 Å². The second-order valence-corrected chi connectivity index (χ2v) is 32.2. The van der Waals surface area contributed by atoms with Crippen LogP contribution in [-0.4, -0.2) is 95.9 Å². The van der Waals surface area contributed by atoms with Crippen molar-refractivity contribution >= 4 is 33.6 Å². The molecule has 0 aromatic heterocycles. The number of hydrogen-bond acceptors (Lipinski definition) is 14. The lowest BCUT2D eigenvalue weighted by atomic mass is 10.0. The van der Waals surface area contributed by atoms with Crippen molar-refractivity contribution in [3.63, 3.8) is 0 Å². The second kappa shape index (κ2) is 83.4. The van der Waals surface area contributed by atoms with Crippen molar-refractivity contribution in [1.29, 1.82) is 0 Å². The molecule has 0 heterocycles. The molecule has 0 bridgehead atoms. The maximum Gasteiger partial charge on any atom is 0.472 e. The van der Waals surface area contributed by atoms with Crippen molar-refractivity contribution < 1.29 is 75.8 Å². The third kappa shape index (κ3) is 84.7. The van der Waals surface area contributed by atoms with Crippen LogP contribution in [0.25, 0.3) is 0 Å². The van der Waals surface area contributed by atoms with E-state index in [9.17, 15) is 43.5 Å². The summed E-state index contributed by atoms with van der Waals surface area (Å²) in [4.78, 5) is 58.8. The van der Waals surface area contributed by atoms with Crippen LogP contribution < -0.4 is 0 Å². The van der Waals surface area contributed by atoms with Crippen LogP contribution in [0, 0.1) is 0 Å². The molecular weight excluding hydrogens is 1410 g/mol. The summed E-state index contributed by atoms with van der Waals surface area (Å²) in [5.41, 5.74) is 0. The van der Waals surface area contributed by atoms with Crippen molar-refractivity contribution in [3.8, 4) is 0 Å². The summed E-state index contributed by atoms with van der Waals surface area (Å²) in [6.07, 6.45) is 101. The Bertz CT molecular complexity index is 2460. The summed E-state index contributed by atoms with van der Waals surface area (Å²) in [6.45, 7) is 2.61. The van der Waals surface area contributed by atoms with Gasteiger partial charge in [-0.25, -0.2) is 9.13 Å². The molecule has 0 saturated heterocycles. The number of rotatable bonds is 83. The molecule has 5 unspecified atom stereocenters. The Kier molecular flexibility index (Phi) is 80.3. The predicted octanol–water partition coefficient (Wildman–Crippen LogP) is 26.4. The van der Waals surface area contributed by atoms with Crippen molar-refractivity contribution in [2.45, 2.75) is 399 Å². The molecular formula is C91H160O16P2. The summed E-state index contributed by atoms with van der Waals surface area (Å²) in [7, 11) is -9.80. The highest BCUT2D eigenvalue weighted by molar-refractivity contribution is 7.47. The van der Waals surface area contributed by atoms with Crippen LogP contribution in [0.5, 0.6) is 0 Å². The average molecular weight is 1570 g/mol. The third-order valence-corrected chi connectivity index (χ3v) is 20.5. The predicted molar refractivity (Wildman–Crippen MR) is 454 cm³/mol. The van der Waals surface area contributed by atoms with E-state index in [1.165, 1.54) is 167 Å². The first kappa shape index (κ1) is 105. The van der Waals surface area contributed by atoms with Gasteiger partial charge in [0.2, 0.25) is 0 Å². The molecule has 0 amide bonds. The molecule has 5 atom stereocenters. The first-order valence-corrected chi connectivity index (χ1v) is 46.8. The summed E-state index contributed by atoms with van der Waals surface area (Å²) < 4.78 is 61.3. The maximum atomic E-state index is 13.0. The van der Waals surface area contributed by atoms with Gasteiger partial charge in [-0.2, -0.15) is 0 Å². The molecule has 18 heteroatoms. The molecule has 4 N–H and O–H groups in total. The highest BCUT2D eigenvalue weighted by atomic mass is 31.2. The number of esters is 3. The van der Waals surface area contributed by atoms with Gasteiger partial charge in [0.15, 0.2) is 6.10 Å². The Balaban J connectivity index is 4.46. The Labute approximate surface area is 665 Å². The van der Waals surface area contributed by atoms with Crippen LogP contribution in [0.15, 0.2) is 122 Å². The van der Waals surface area contributed by atoms with E-state index in [-0.39, 0.29) is 19.3 Å². The molecule has 0 saturated carbocycles. The van der Waals surface area contributed by atoms with Gasteiger partial charge >= 0.3 is 33.6 Å². The molecule has 0 aliphatic carbocycles. The summed E-state index contributed by atoms with van der Waals surface area (Å²) in [5.74, 6) is -1.59. The molecule has 0 fully saturated rings. The minimum atomic E-state index is -4.94. The van der Waals surface area contributed by atoms with E-state index in [1.54, 1.807) is 0 Å². The maximum absolute atomic E-state index is 13.0. The number of phosphoric acid groups is 2. The second-order valence-electron chi connectivity index (χ2n) is 29.3. The number of aliphatic hydroxyl groups is 2. The fourth-order valence-electron chi connectivity index (χ4n) is 11.9. The average Bonchev–Trinajstić information content (AvgIpc) is 0.900. The van der Waals surface area contributed by atoms with Crippen LogP contribution in [-0.2, 0) is 55.8 Å². The van der Waals surface area contributed by atoms with Crippen molar-refractivity contribution in [3.05, 3.63) is 122 Å². The molecule has 0 aromatic rings. The van der Waals surface area contributed by atoms with Crippen LogP contribution in [0.1, 0.15) is 380 Å². The Hall–Kier alpha value is -4.05. The molecule has 109 heavy (non-hydrogen) atoms. The Morgan fingerprint density at radius 2 is 0.459 bits per heavy atom. The zero-order valence-electron chi connectivity index (χ0n) is 69.2. The highest BCUT2D eigenvalue weighted by Crippen LogP contribution is 2.45. The Morgan fingerprint density at radius 1 is 0.257 bits per heavy atom. The SMILES string of the molecule is CCCCC/C=C\C/C=C\C/C=C\C/C=C\CCCCCCCCCCCCCCCCCCCCCC(=O)OCC(O)COP(=O)(O)OCC(O)COP(=O)(O)OCC(COC(=O)CCCCCCCC/C=C\C/C=C\C/C=C\CCCCC)OC(=O)CCCCCCCC/C=C\C/C=C\C/C=C\CCCCC. The normalized spacial score (nSPS) is 14.4. The molecule has 0 radical (unpaired) electrons. The van der Waals surface area contributed by atoms with E-state index in [0.29, 0.717) is 19.3 Å². The lowest BCUT2D eigenvalue weighted by Crippen LogP contribution is -2.30. The van der Waals surface area contributed by atoms with E-state index < -0.39 is 91.5 Å². The largest absolute Gasteiger partial charge is 0.472 e. The number of unbranched alkanes of at least 4 members (excludes halogenated alkanes) is 40. The molecule has 0 aliphatic rings.